The molecule has 3 aromatic rings. The van der Waals surface area contributed by atoms with Crippen molar-refractivity contribution in [2.45, 2.75) is 27.7 Å². The van der Waals surface area contributed by atoms with E-state index < -0.39 is 18.5 Å². The van der Waals surface area contributed by atoms with Gasteiger partial charge in [-0.05, 0) is 44.9 Å². The first-order valence-electron chi connectivity index (χ1n) is 8.50. The first-order valence-corrected chi connectivity index (χ1v) is 8.88. The first kappa shape index (κ1) is 19.0. The molecule has 0 radical (unpaired) electrons. The number of nitrogens with one attached hydrogen (secondary N) is 1. The smallest absolute Gasteiger partial charge is 0.375 e. The van der Waals surface area contributed by atoms with Crippen LogP contribution in [-0.4, -0.2) is 18.5 Å². The lowest BCUT2D eigenvalue weighted by Crippen LogP contribution is -2.22. The SMILES string of the molecule is Cc1cc(C)c(NC(=O)COC(=O)c2oc3c(Cl)cccc3c2C)c(C)c1. The van der Waals surface area contributed by atoms with E-state index in [1.165, 1.54) is 0 Å². The lowest BCUT2D eigenvalue weighted by atomic mass is 10.1. The Morgan fingerprint density at radius 2 is 1.78 bits per heavy atom. The average Bonchev–Trinajstić information content (AvgIpc) is 2.94. The molecule has 140 valence electrons. The molecule has 1 amide bonds. The number of hydrogen-bond donors (Lipinski definition) is 1. The van der Waals surface area contributed by atoms with Crippen molar-refractivity contribution in [1.29, 1.82) is 0 Å². The van der Waals surface area contributed by atoms with Crippen LogP contribution in [0.25, 0.3) is 11.0 Å². The van der Waals surface area contributed by atoms with Gasteiger partial charge in [0.1, 0.15) is 0 Å². The number of hydrogen-bond acceptors (Lipinski definition) is 4. The van der Waals surface area contributed by atoms with Gasteiger partial charge in [0.25, 0.3) is 5.91 Å². The third-order valence-corrected chi connectivity index (χ3v) is 4.67. The monoisotopic (exact) mass is 385 g/mol. The average molecular weight is 386 g/mol. The van der Waals surface area contributed by atoms with Crippen LogP contribution in [0.5, 0.6) is 0 Å². The zero-order valence-electron chi connectivity index (χ0n) is 15.6. The molecule has 0 saturated carbocycles. The van der Waals surface area contributed by atoms with Crippen molar-refractivity contribution in [3.8, 4) is 0 Å². The Balaban J connectivity index is 1.70. The van der Waals surface area contributed by atoms with Crippen LogP contribution in [0.3, 0.4) is 0 Å². The third kappa shape index (κ3) is 3.83. The molecule has 0 saturated heterocycles. The Morgan fingerprint density at radius 3 is 2.41 bits per heavy atom. The van der Waals surface area contributed by atoms with Crippen molar-refractivity contribution in [3.63, 3.8) is 0 Å². The zero-order valence-corrected chi connectivity index (χ0v) is 16.4. The Bertz CT molecular complexity index is 1030. The number of para-hydroxylation sites is 1. The van der Waals surface area contributed by atoms with Crippen molar-refractivity contribution in [3.05, 3.63) is 63.4 Å². The number of rotatable bonds is 4. The number of benzene rings is 2. The summed E-state index contributed by atoms with van der Waals surface area (Å²) in [6.45, 7) is 7.18. The number of fused-ring (bicyclic) bond motifs is 1. The summed E-state index contributed by atoms with van der Waals surface area (Å²) in [4.78, 5) is 24.6. The number of aryl methyl sites for hydroxylation is 4. The number of anilines is 1. The van der Waals surface area contributed by atoms with E-state index in [0.29, 0.717) is 16.2 Å². The van der Waals surface area contributed by atoms with E-state index in [2.05, 4.69) is 5.32 Å². The number of halogens is 1. The lowest BCUT2D eigenvalue weighted by Gasteiger charge is -2.12. The number of carbonyl (C=O) groups excluding carboxylic acids is 2. The molecule has 0 spiro atoms. The highest BCUT2D eigenvalue weighted by Gasteiger charge is 2.21. The molecule has 1 heterocycles. The summed E-state index contributed by atoms with van der Waals surface area (Å²) in [5.74, 6) is -1.06. The van der Waals surface area contributed by atoms with E-state index in [0.717, 1.165) is 27.8 Å². The Labute approximate surface area is 162 Å². The van der Waals surface area contributed by atoms with E-state index >= 15 is 0 Å². The van der Waals surface area contributed by atoms with E-state index in [1.54, 1.807) is 19.1 Å². The van der Waals surface area contributed by atoms with Crippen LogP contribution in [0.4, 0.5) is 5.69 Å². The van der Waals surface area contributed by atoms with E-state index in [1.807, 2.05) is 39.0 Å². The normalized spacial score (nSPS) is 10.9. The molecule has 27 heavy (non-hydrogen) atoms. The van der Waals surface area contributed by atoms with Gasteiger partial charge in [-0.3, -0.25) is 4.79 Å². The van der Waals surface area contributed by atoms with Gasteiger partial charge in [-0.15, -0.1) is 0 Å². The quantitative estimate of drug-likeness (QED) is 0.633. The van der Waals surface area contributed by atoms with Crippen molar-refractivity contribution in [2.24, 2.45) is 0 Å². The molecular weight excluding hydrogens is 366 g/mol. The maximum atomic E-state index is 12.3. The Hall–Kier alpha value is -2.79. The second-order valence-corrected chi connectivity index (χ2v) is 6.98. The summed E-state index contributed by atoms with van der Waals surface area (Å²) in [5.41, 5.74) is 4.81. The van der Waals surface area contributed by atoms with Crippen molar-refractivity contribution >= 4 is 40.1 Å². The summed E-state index contributed by atoms with van der Waals surface area (Å²) in [7, 11) is 0. The molecular formula is C21H20ClNO4. The highest BCUT2D eigenvalue weighted by molar-refractivity contribution is 6.35. The van der Waals surface area contributed by atoms with Gasteiger partial charge < -0.3 is 14.5 Å². The van der Waals surface area contributed by atoms with Gasteiger partial charge >= 0.3 is 5.97 Å². The predicted molar refractivity (Wildman–Crippen MR) is 106 cm³/mol. The summed E-state index contributed by atoms with van der Waals surface area (Å²) >= 11 is 6.10. The van der Waals surface area contributed by atoms with Gasteiger partial charge in [0.05, 0.1) is 5.02 Å². The second-order valence-electron chi connectivity index (χ2n) is 6.57. The van der Waals surface area contributed by atoms with Crippen LogP contribution in [0.1, 0.15) is 32.8 Å². The maximum absolute atomic E-state index is 12.3. The minimum atomic E-state index is -0.702. The van der Waals surface area contributed by atoms with Crippen LogP contribution in [0, 0.1) is 27.7 Å². The Kier molecular flexibility index (Phi) is 5.24. The molecule has 0 fully saturated rings. The van der Waals surface area contributed by atoms with Gasteiger partial charge in [0.15, 0.2) is 12.2 Å². The van der Waals surface area contributed by atoms with Gasteiger partial charge in [-0.25, -0.2) is 4.79 Å². The fourth-order valence-corrected chi connectivity index (χ4v) is 3.37. The van der Waals surface area contributed by atoms with E-state index in [4.69, 9.17) is 20.8 Å². The largest absolute Gasteiger partial charge is 0.450 e. The van der Waals surface area contributed by atoms with Crippen LogP contribution < -0.4 is 5.32 Å². The topological polar surface area (TPSA) is 68.5 Å². The zero-order chi connectivity index (χ0) is 19.7. The van der Waals surface area contributed by atoms with E-state index in [-0.39, 0.29) is 5.76 Å². The maximum Gasteiger partial charge on any atom is 0.375 e. The molecule has 0 atom stereocenters. The number of carbonyl (C=O) groups is 2. The minimum Gasteiger partial charge on any atom is -0.450 e. The predicted octanol–water partition coefficient (Wildman–Crippen LogP) is 5.12. The summed E-state index contributed by atoms with van der Waals surface area (Å²) in [6.07, 6.45) is 0. The van der Waals surface area contributed by atoms with Gasteiger partial charge in [0, 0.05) is 16.6 Å². The summed E-state index contributed by atoms with van der Waals surface area (Å²) in [5, 5.41) is 3.95. The molecule has 5 nitrogen and oxygen atoms in total. The molecule has 1 aromatic heterocycles. The molecule has 0 aliphatic rings. The number of ether oxygens (including phenoxy) is 1. The highest BCUT2D eigenvalue weighted by Crippen LogP contribution is 2.31. The van der Waals surface area contributed by atoms with Crippen molar-refractivity contribution < 1.29 is 18.7 Å². The third-order valence-electron chi connectivity index (χ3n) is 4.38. The van der Waals surface area contributed by atoms with Crippen LogP contribution in [-0.2, 0) is 9.53 Å². The van der Waals surface area contributed by atoms with Crippen LogP contribution >= 0.6 is 11.6 Å². The van der Waals surface area contributed by atoms with Gasteiger partial charge in [0.2, 0.25) is 5.76 Å². The van der Waals surface area contributed by atoms with Crippen molar-refractivity contribution in [1.82, 2.24) is 0 Å². The molecule has 6 heteroatoms. The molecule has 0 aliphatic carbocycles. The lowest BCUT2D eigenvalue weighted by molar-refractivity contribution is -0.119. The molecule has 2 aromatic carbocycles. The second kappa shape index (κ2) is 7.45. The minimum absolute atomic E-state index is 0.0496. The molecule has 1 N–H and O–H groups in total. The highest BCUT2D eigenvalue weighted by atomic mass is 35.5. The molecule has 0 unspecified atom stereocenters. The fourth-order valence-electron chi connectivity index (χ4n) is 3.15. The summed E-state index contributed by atoms with van der Waals surface area (Å²) in [6, 6.07) is 9.24. The standard InChI is InChI=1S/C21H20ClNO4/c1-11-8-12(2)18(13(3)9-11)23-17(24)10-26-21(25)19-14(4)15-6-5-7-16(22)20(15)27-19/h5-9H,10H2,1-4H3,(H,23,24). The van der Waals surface area contributed by atoms with Crippen LogP contribution in [0.15, 0.2) is 34.7 Å². The fraction of sp³-hybridized carbons (Fsp3) is 0.238. The number of amides is 1. The number of esters is 1. The van der Waals surface area contributed by atoms with Gasteiger partial charge in [-0.1, -0.05) is 41.4 Å². The van der Waals surface area contributed by atoms with E-state index in [9.17, 15) is 9.59 Å². The first-order chi connectivity index (χ1) is 12.8. The summed E-state index contributed by atoms with van der Waals surface area (Å²) < 4.78 is 10.7. The van der Waals surface area contributed by atoms with Crippen LogP contribution in [0.2, 0.25) is 5.02 Å². The number of furan rings is 1. The molecule has 0 aliphatic heterocycles. The van der Waals surface area contributed by atoms with Gasteiger partial charge in [-0.2, -0.15) is 0 Å². The Morgan fingerprint density at radius 1 is 1.11 bits per heavy atom. The molecule has 3 rings (SSSR count). The molecule has 0 bridgehead atoms. The van der Waals surface area contributed by atoms with Crippen molar-refractivity contribution in [2.75, 3.05) is 11.9 Å².